The van der Waals surface area contributed by atoms with Crippen molar-refractivity contribution in [3.8, 4) is 0 Å². The summed E-state index contributed by atoms with van der Waals surface area (Å²) in [6.45, 7) is 3.96. The Bertz CT molecular complexity index is 646. The van der Waals surface area contributed by atoms with Crippen molar-refractivity contribution in [3.63, 3.8) is 0 Å². The number of carbonyl (C=O) groups is 1. The molecule has 1 aliphatic heterocycles. The fourth-order valence-electron chi connectivity index (χ4n) is 2.76. The van der Waals surface area contributed by atoms with Gasteiger partial charge in [-0.15, -0.1) is 0 Å². The second-order valence-electron chi connectivity index (χ2n) is 5.50. The molecule has 20 heavy (non-hydrogen) atoms. The molecule has 3 rings (SSSR count). The van der Waals surface area contributed by atoms with Crippen LogP contribution in [0, 0.1) is 6.92 Å². The van der Waals surface area contributed by atoms with Gasteiger partial charge in [-0.05, 0) is 42.6 Å². The molecule has 0 spiro atoms. The molecule has 1 aliphatic rings. The van der Waals surface area contributed by atoms with Crippen LogP contribution in [0.1, 0.15) is 32.6 Å². The summed E-state index contributed by atoms with van der Waals surface area (Å²) in [7, 11) is 0. The van der Waals surface area contributed by atoms with Gasteiger partial charge in [-0.3, -0.25) is 4.79 Å². The molecule has 2 nitrogen and oxygen atoms in total. The number of rotatable bonds is 3. The second kappa shape index (κ2) is 5.59. The molecule has 1 heterocycles. The SMILES string of the molecule is Cc1cccc(CC(=O)c2ccc3c(c2)CNCC3)c1. The first-order chi connectivity index (χ1) is 9.72. The number of hydrogen-bond acceptors (Lipinski definition) is 2. The van der Waals surface area contributed by atoms with Gasteiger partial charge in [0.2, 0.25) is 0 Å². The molecule has 0 bridgehead atoms. The lowest BCUT2D eigenvalue weighted by Crippen LogP contribution is -2.23. The molecule has 2 aromatic carbocycles. The van der Waals surface area contributed by atoms with Crippen LogP contribution in [0.2, 0.25) is 0 Å². The van der Waals surface area contributed by atoms with Gasteiger partial charge < -0.3 is 5.32 Å². The molecule has 0 radical (unpaired) electrons. The quantitative estimate of drug-likeness (QED) is 0.864. The Balaban J connectivity index is 1.80. The molecule has 2 heteroatoms. The highest BCUT2D eigenvalue weighted by Gasteiger charge is 2.13. The molecule has 1 N–H and O–H groups in total. The highest BCUT2D eigenvalue weighted by atomic mass is 16.1. The van der Waals surface area contributed by atoms with Crippen molar-refractivity contribution in [1.82, 2.24) is 5.32 Å². The van der Waals surface area contributed by atoms with Crippen LogP contribution in [0.3, 0.4) is 0 Å². The number of fused-ring (bicyclic) bond motifs is 1. The van der Waals surface area contributed by atoms with E-state index in [1.807, 2.05) is 18.2 Å². The number of Topliss-reactive ketones (excluding diaryl/α,β-unsaturated/α-hetero) is 1. The zero-order valence-electron chi connectivity index (χ0n) is 11.8. The van der Waals surface area contributed by atoms with Crippen molar-refractivity contribution in [2.75, 3.05) is 6.54 Å². The molecular weight excluding hydrogens is 246 g/mol. The molecular formula is C18H19NO. The Hall–Kier alpha value is -1.93. The van der Waals surface area contributed by atoms with Gasteiger partial charge in [-0.25, -0.2) is 0 Å². The Morgan fingerprint density at radius 2 is 2.05 bits per heavy atom. The smallest absolute Gasteiger partial charge is 0.167 e. The molecule has 0 fully saturated rings. The van der Waals surface area contributed by atoms with Crippen LogP contribution >= 0.6 is 0 Å². The molecule has 0 amide bonds. The Morgan fingerprint density at radius 3 is 2.90 bits per heavy atom. The summed E-state index contributed by atoms with van der Waals surface area (Å²) in [4.78, 5) is 12.4. The molecule has 0 saturated heterocycles. The second-order valence-corrected chi connectivity index (χ2v) is 5.50. The van der Waals surface area contributed by atoms with E-state index in [1.54, 1.807) is 0 Å². The molecule has 0 atom stereocenters. The number of aryl methyl sites for hydroxylation is 1. The van der Waals surface area contributed by atoms with Gasteiger partial charge >= 0.3 is 0 Å². The van der Waals surface area contributed by atoms with Crippen LogP contribution in [0.4, 0.5) is 0 Å². The van der Waals surface area contributed by atoms with E-state index < -0.39 is 0 Å². The Labute approximate surface area is 119 Å². The molecule has 0 aromatic heterocycles. The highest BCUT2D eigenvalue weighted by molar-refractivity contribution is 5.97. The number of benzene rings is 2. The van der Waals surface area contributed by atoms with Gasteiger partial charge in [-0.2, -0.15) is 0 Å². The van der Waals surface area contributed by atoms with Gasteiger partial charge in [-0.1, -0.05) is 42.0 Å². The maximum Gasteiger partial charge on any atom is 0.167 e. The number of carbonyl (C=O) groups excluding carboxylic acids is 1. The van der Waals surface area contributed by atoms with E-state index in [4.69, 9.17) is 0 Å². The first-order valence-corrected chi connectivity index (χ1v) is 7.13. The molecule has 2 aromatic rings. The van der Waals surface area contributed by atoms with Gasteiger partial charge in [0.1, 0.15) is 0 Å². The minimum Gasteiger partial charge on any atom is -0.312 e. The van der Waals surface area contributed by atoms with E-state index in [0.717, 1.165) is 30.6 Å². The predicted molar refractivity (Wildman–Crippen MR) is 81.1 cm³/mol. The van der Waals surface area contributed by atoms with Crippen molar-refractivity contribution in [2.24, 2.45) is 0 Å². The van der Waals surface area contributed by atoms with E-state index in [2.05, 4.69) is 36.5 Å². The van der Waals surface area contributed by atoms with Gasteiger partial charge in [0.15, 0.2) is 5.78 Å². The van der Waals surface area contributed by atoms with E-state index >= 15 is 0 Å². The maximum absolute atomic E-state index is 12.4. The summed E-state index contributed by atoms with van der Waals surface area (Å²) in [6.07, 6.45) is 1.54. The van der Waals surface area contributed by atoms with Crippen molar-refractivity contribution >= 4 is 5.78 Å². The molecule has 102 valence electrons. The topological polar surface area (TPSA) is 29.1 Å². The van der Waals surface area contributed by atoms with E-state index in [1.165, 1.54) is 16.7 Å². The van der Waals surface area contributed by atoms with Crippen molar-refractivity contribution in [1.29, 1.82) is 0 Å². The highest BCUT2D eigenvalue weighted by Crippen LogP contribution is 2.17. The van der Waals surface area contributed by atoms with E-state index in [0.29, 0.717) is 6.42 Å². The third-order valence-corrected chi connectivity index (χ3v) is 3.86. The van der Waals surface area contributed by atoms with Crippen LogP contribution < -0.4 is 5.32 Å². The first-order valence-electron chi connectivity index (χ1n) is 7.13. The van der Waals surface area contributed by atoms with Gasteiger partial charge in [0, 0.05) is 18.5 Å². The fourth-order valence-corrected chi connectivity index (χ4v) is 2.76. The monoisotopic (exact) mass is 265 g/mol. The van der Waals surface area contributed by atoms with Crippen molar-refractivity contribution < 1.29 is 4.79 Å². The van der Waals surface area contributed by atoms with Crippen molar-refractivity contribution in [2.45, 2.75) is 26.3 Å². The van der Waals surface area contributed by atoms with Crippen LogP contribution in [0.5, 0.6) is 0 Å². The summed E-state index contributed by atoms with van der Waals surface area (Å²) in [5, 5.41) is 3.35. The zero-order chi connectivity index (χ0) is 13.9. The molecule has 0 unspecified atom stereocenters. The average molecular weight is 265 g/mol. The first kappa shape index (κ1) is 13.1. The third-order valence-electron chi connectivity index (χ3n) is 3.86. The molecule has 0 aliphatic carbocycles. The van der Waals surface area contributed by atoms with Crippen LogP contribution in [-0.2, 0) is 19.4 Å². The summed E-state index contributed by atoms with van der Waals surface area (Å²) >= 11 is 0. The third kappa shape index (κ3) is 2.81. The van der Waals surface area contributed by atoms with Crippen LogP contribution in [0.25, 0.3) is 0 Å². The van der Waals surface area contributed by atoms with E-state index in [9.17, 15) is 4.79 Å². The normalized spacial score (nSPS) is 13.8. The lowest BCUT2D eigenvalue weighted by molar-refractivity contribution is 0.0993. The summed E-state index contributed by atoms with van der Waals surface area (Å²) < 4.78 is 0. The standard InChI is InChI=1S/C18H19NO/c1-13-3-2-4-14(9-13)10-18(20)16-6-5-15-7-8-19-12-17(15)11-16/h2-6,9,11,19H,7-8,10,12H2,1H3. The van der Waals surface area contributed by atoms with Crippen LogP contribution in [0.15, 0.2) is 42.5 Å². The summed E-state index contributed by atoms with van der Waals surface area (Å²) in [5.41, 5.74) is 5.76. The van der Waals surface area contributed by atoms with Gasteiger partial charge in [0.25, 0.3) is 0 Å². The van der Waals surface area contributed by atoms with E-state index in [-0.39, 0.29) is 5.78 Å². The minimum atomic E-state index is 0.198. The largest absolute Gasteiger partial charge is 0.312 e. The maximum atomic E-state index is 12.4. The Kier molecular flexibility index (Phi) is 3.66. The number of nitrogens with one attached hydrogen (secondary N) is 1. The number of hydrogen-bond donors (Lipinski definition) is 1. The predicted octanol–water partition coefficient (Wildman–Crippen LogP) is 3.07. The average Bonchev–Trinajstić information content (AvgIpc) is 2.47. The summed E-state index contributed by atoms with van der Waals surface area (Å²) in [5.74, 6) is 0.198. The zero-order valence-corrected chi connectivity index (χ0v) is 11.8. The lowest BCUT2D eigenvalue weighted by Gasteiger charge is -2.17. The minimum absolute atomic E-state index is 0.198. The molecule has 0 saturated carbocycles. The number of ketones is 1. The van der Waals surface area contributed by atoms with Crippen molar-refractivity contribution in [3.05, 3.63) is 70.3 Å². The Morgan fingerprint density at radius 1 is 1.15 bits per heavy atom. The lowest BCUT2D eigenvalue weighted by atomic mass is 9.95. The van der Waals surface area contributed by atoms with Gasteiger partial charge in [0.05, 0.1) is 0 Å². The summed E-state index contributed by atoms with van der Waals surface area (Å²) in [6, 6.07) is 14.3. The fraction of sp³-hybridized carbons (Fsp3) is 0.278. The van der Waals surface area contributed by atoms with Crippen LogP contribution in [-0.4, -0.2) is 12.3 Å².